The second-order valence-electron chi connectivity index (χ2n) is 6.30. The summed E-state index contributed by atoms with van der Waals surface area (Å²) < 4.78 is 4.94. The van der Waals surface area contributed by atoms with E-state index in [1.165, 1.54) is 55.5 Å². The molecule has 2 aromatic heterocycles. The zero-order valence-electron chi connectivity index (χ0n) is 13.9. The van der Waals surface area contributed by atoms with Crippen molar-refractivity contribution < 1.29 is 9.53 Å². The second-order valence-corrected chi connectivity index (χ2v) is 6.30. The van der Waals surface area contributed by atoms with Crippen molar-refractivity contribution in [2.75, 3.05) is 6.61 Å². The van der Waals surface area contributed by atoms with Gasteiger partial charge in [0.15, 0.2) is 0 Å². The summed E-state index contributed by atoms with van der Waals surface area (Å²) in [5.74, 6) is -0.234. The number of H-pyrrole nitrogens is 2. The van der Waals surface area contributed by atoms with Crippen LogP contribution in [0.4, 0.5) is 0 Å². The van der Waals surface area contributed by atoms with Gasteiger partial charge in [-0.15, -0.1) is 0 Å². The van der Waals surface area contributed by atoms with Crippen molar-refractivity contribution in [3.8, 4) is 0 Å². The average Bonchev–Trinajstić information content (AvgIpc) is 3.22. The highest BCUT2D eigenvalue weighted by molar-refractivity contribution is 5.87. The Bertz CT molecular complexity index is 610. The Labute approximate surface area is 137 Å². The second kappa shape index (κ2) is 7.53. The van der Waals surface area contributed by atoms with E-state index in [-0.39, 0.29) is 5.97 Å². The predicted octanol–water partition coefficient (Wildman–Crippen LogP) is 3.96. The highest BCUT2D eigenvalue weighted by Crippen LogP contribution is 2.22. The number of hydrogen-bond acceptors (Lipinski definition) is 2. The van der Waals surface area contributed by atoms with Gasteiger partial charge in [0.05, 0.1) is 6.61 Å². The average molecular weight is 314 g/mol. The first kappa shape index (κ1) is 15.9. The SMILES string of the molecule is CCOC(=O)c1cc2c([nH]1)CCCC2.c1cc2c([nH]1)CCCC2. The fraction of sp³-hybridized carbons (Fsp3) is 0.526. The first-order valence-electron chi connectivity index (χ1n) is 8.81. The maximum atomic E-state index is 11.4. The molecule has 0 atom stereocenters. The molecule has 0 saturated heterocycles. The molecule has 0 aliphatic heterocycles. The van der Waals surface area contributed by atoms with Gasteiger partial charge in [-0.05, 0) is 81.5 Å². The fourth-order valence-electron chi connectivity index (χ4n) is 3.44. The first-order chi connectivity index (χ1) is 11.3. The summed E-state index contributed by atoms with van der Waals surface area (Å²) in [6.07, 6.45) is 12.0. The van der Waals surface area contributed by atoms with Gasteiger partial charge in [0.1, 0.15) is 5.69 Å². The summed E-state index contributed by atoms with van der Waals surface area (Å²) in [5, 5.41) is 0. The van der Waals surface area contributed by atoms with Crippen LogP contribution in [0.25, 0.3) is 0 Å². The molecule has 23 heavy (non-hydrogen) atoms. The Kier molecular flexibility index (Phi) is 5.21. The quantitative estimate of drug-likeness (QED) is 0.824. The normalized spacial score (nSPS) is 15.9. The molecule has 0 radical (unpaired) electrons. The maximum Gasteiger partial charge on any atom is 0.354 e. The standard InChI is InChI=1S/C11H15NO2.C8H11N/c1-2-14-11(13)10-7-8-5-3-4-6-9(8)12-10;1-2-4-8-7(3-1)5-6-9-8/h7,12H,2-6H2,1H3;5-6,9H,1-4H2. The molecule has 4 rings (SSSR count). The number of fused-ring (bicyclic) bond motifs is 2. The molecule has 2 aromatic rings. The number of ether oxygens (including phenoxy) is 1. The topological polar surface area (TPSA) is 57.9 Å². The van der Waals surface area contributed by atoms with Crippen molar-refractivity contribution >= 4 is 5.97 Å². The van der Waals surface area contributed by atoms with E-state index in [1.54, 1.807) is 5.56 Å². The summed E-state index contributed by atoms with van der Waals surface area (Å²) in [4.78, 5) is 17.8. The van der Waals surface area contributed by atoms with Crippen LogP contribution in [-0.4, -0.2) is 22.5 Å². The summed E-state index contributed by atoms with van der Waals surface area (Å²) in [7, 11) is 0. The molecule has 2 aliphatic carbocycles. The van der Waals surface area contributed by atoms with E-state index >= 15 is 0 Å². The molecule has 0 unspecified atom stereocenters. The molecule has 0 amide bonds. The van der Waals surface area contributed by atoms with Crippen LogP contribution in [0.1, 0.15) is 65.6 Å². The van der Waals surface area contributed by atoms with Crippen LogP contribution in [0.3, 0.4) is 0 Å². The van der Waals surface area contributed by atoms with Crippen molar-refractivity contribution in [3.63, 3.8) is 0 Å². The monoisotopic (exact) mass is 314 g/mol. The number of carbonyl (C=O) groups is 1. The minimum absolute atomic E-state index is 0.234. The van der Waals surface area contributed by atoms with E-state index in [9.17, 15) is 4.79 Å². The lowest BCUT2D eigenvalue weighted by Crippen LogP contribution is -2.05. The third kappa shape index (κ3) is 3.87. The largest absolute Gasteiger partial charge is 0.461 e. The maximum absolute atomic E-state index is 11.4. The third-order valence-electron chi connectivity index (χ3n) is 4.66. The summed E-state index contributed by atoms with van der Waals surface area (Å²) in [5.41, 5.74) is 6.14. The van der Waals surface area contributed by atoms with Gasteiger partial charge >= 0.3 is 5.97 Å². The van der Waals surface area contributed by atoms with E-state index in [0.29, 0.717) is 12.3 Å². The Balaban J connectivity index is 0.000000149. The lowest BCUT2D eigenvalue weighted by molar-refractivity contribution is 0.0520. The van der Waals surface area contributed by atoms with Gasteiger partial charge < -0.3 is 14.7 Å². The molecule has 0 aromatic carbocycles. The van der Waals surface area contributed by atoms with E-state index < -0.39 is 0 Å². The van der Waals surface area contributed by atoms with Crippen LogP contribution in [0, 0.1) is 0 Å². The molecule has 4 nitrogen and oxygen atoms in total. The number of nitrogens with one attached hydrogen (secondary N) is 2. The van der Waals surface area contributed by atoms with Gasteiger partial charge in [-0.25, -0.2) is 4.79 Å². The number of carbonyl (C=O) groups excluding carboxylic acids is 1. The molecule has 2 N–H and O–H groups in total. The van der Waals surface area contributed by atoms with Crippen molar-refractivity contribution in [2.45, 2.75) is 58.3 Å². The number of esters is 1. The number of rotatable bonds is 2. The van der Waals surface area contributed by atoms with E-state index in [4.69, 9.17) is 4.74 Å². The van der Waals surface area contributed by atoms with E-state index in [2.05, 4.69) is 22.2 Å². The van der Waals surface area contributed by atoms with Gasteiger partial charge in [-0.3, -0.25) is 0 Å². The zero-order valence-corrected chi connectivity index (χ0v) is 13.9. The van der Waals surface area contributed by atoms with Crippen LogP contribution in [0.15, 0.2) is 18.3 Å². The number of aryl methyl sites for hydroxylation is 4. The Morgan fingerprint density at radius 3 is 2.43 bits per heavy atom. The van der Waals surface area contributed by atoms with Crippen molar-refractivity contribution in [1.82, 2.24) is 9.97 Å². The fourth-order valence-corrected chi connectivity index (χ4v) is 3.44. The number of aromatic amines is 2. The van der Waals surface area contributed by atoms with Gasteiger partial charge in [0, 0.05) is 17.6 Å². The highest BCUT2D eigenvalue weighted by atomic mass is 16.5. The lowest BCUT2D eigenvalue weighted by Gasteiger charge is -2.08. The molecule has 4 heteroatoms. The molecular formula is C19H26N2O2. The molecule has 0 saturated carbocycles. The van der Waals surface area contributed by atoms with Crippen molar-refractivity contribution in [2.24, 2.45) is 0 Å². The summed E-state index contributed by atoms with van der Waals surface area (Å²) in [6.45, 7) is 2.25. The van der Waals surface area contributed by atoms with Crippen LogP contribution in [-0.2, 0) is 30.4 Å². The number of aromatic nitrogens is 2. The first-order valence-corrected chi connectivity index (χ1v) is 8.81. The Morgan fingerprint density at radius 2 is 1.74 bits per heavy atom. The molecule has 0 fully saturated rings. The molecular weight excluding hydrogens is 288 g/mol. The molecule has 0 spiro atoms. The van der Waals surface area contributed by atoms with Crippen LogP contribution < -0.4 is 0 Å². The summed E-state index contributed by atoms with van der Waals surface area (Å²) in [6, 6.07) is 4.14. The number of hydrogen-bond donors (Lipinski definition) is 2. The van der Waals surface area contributed by atoms with Gasteiger partial charge in [0.2, 0.25) is 0 Å². The Morgan fingerprint density at radius 1 is 1.04 bits per heavy atom. The van der Waals surface area contributed by atoms with Crippen LogP contribution >= 0.6 is 0 Å². The lowest BCUT2D eigenvalue weighted by atomic mass is 9.98. The van der Waals surface area contributed by atoms with Gasteiger partial charge in [-0.1, -0.05) is 0 Å². The molecule has 2 aliphatic rings. The van der Waals surface area contributed by atoms with Crippen LogP contribution in [0.5, 0.6) is 0 Å². The zero-order chi connectivity index (χ0) is 16.1. The van der Waals surface area contributed by atoms with E-state index in [0.717, 1.165) is 12.8 Å². The molecule has 124 valence electrons. The summed E-state index contributed by atoms with van der Waals surface area (Å²) >= 11 is 0. The van der Waals surface area contributed by atoms with Crippen molar-refractivity contribution in [3.05, 3.63) is 46.5 Å². The van der Waals surface area contributed by atoms with Crippen LogP contribution in [0.2, 0.25) is 0 Å². The van der Waals surface area contributed by atoms with Gasteiger partial charge in [0.25, 0.3) is 0 Å². The molecule has 0 bridgehead atoms. The minimum atomic E-state index is -0.234. The predicted molar refractivity (Wildman–Crippen MR) is 90.8 cm³/mol. The third-order valence-corrected chi connectivity index (χ3v) is 4.66. The molecule has 2 heterocycles. The van der Waals surface area contributed by atoms with Gasteiger partial charge in [-0.2, -0.15) is 0 Å². The smallest absolute Gasteiger partial charge is 0.354 e. The van der Waals surface area contributed by atoms with Crippen molar-refractivity contribution in [1.29, 1.82) is 0 Å². The Hall–Kier alpha value is -1.97. The highest BCUT2D eigenvalue weighted by Gasteiger charge is 2.16. The minimum Gasteiger partial charge on any atom is -0.461 e. The van der Waals surface area contributed by atoms with E-state index in [1.807, 2.05) is 13.0 Å².